The van der Waals surface area contributed by atoms with Crippen molar-refractivity contribution in [2.75, 3.05) is 26.3 Å². The van der Waals surface area contributed by atoms with Gasteiger partial charge in [0.05, 0.1) is 19.1 Å². The second-order valence-corrected chi connectivity index (χ2v) is 7.26. The van der Waals surface area contributed by atoms with E-state index in [1.54, 1.807) is 0 Å². The van der Waals surface area contributed by atoms with Gasteiger partial charge in [-0.1, -0.05) is 12.1 Å². The monoisotopic (exact) mass is 398 g/mol. The highest BCUT2D eigenvalue weighted by molar-refractivity contribution is 5.70. The van der Waals surface area contributed by atoms with E-state index in [0.29, 0.717) is 26.1 Å². The van der Waals surface area contributed by atoms with Crippen molar-refractivity contribution in [3.05, 3.63) is 53.9 Å². The molecule has 1 aliphatic rings. The lowest BCUT2D eigenvalue weighted by Gasteiger charge is -2.37. The first kappa shape index (κ1) is 21.1. The molecule has 1 N–H and O–H groups in total. The SMILES string of the molecule is CCOc1ccc(C(Cc2ccccn2)N2CCC(C(=O)O)CC2)cc1OCC. The van der Waals surface area contributed by atoms with Crippen LogP contribution in [0.5, 0.6) is 11.5 Å². The molecular formula is C23H30N2O4. The van der Waals surface area contributed by atoms with E-state index in [2.05, 4.69) is 22.0 Å². The molecule has 1 fully saturated rings. The molecule has 0 bridgehead atoms. The lowest BCUT2D eigenvalue weighted by atomic mass is 9.92. The van der Waals surface area contributed by atoms with Crippen molar-refractivity contribution >= 4 is 5.97 Å². The lowest BCUT2D eigenvalue weighted by molar-refractivity contribution is -0.143. The van der Waals surface area contributed by atoms with E-state index in [1.807, 2.05) is 44.3 Å². The van der Waals surface area contributed by atoms with Gasteiger partial charge < -0.3 is 14.6 Å². The maximum atomic E-state index is 11.3. The average molecular weight is 399 g/mol. The Hall–Kier alpha value is -2.60. The van der Waals surface area contributed by atoms with Crippen molar-refractivity contribution in [3.63, 3.8) is 0 Å². The van der Waals surface area contributed by atoms with E-state index in [0.717, 1.165) is 42.3 Å². The Bertz CT molecular complexity index is 789. The maximum absolute atomic E-state index is 11.3. The third kappa shape index (κ3) is 5.48. The molecule has 6 heteroatoms. The summed E-state index contributed by atoms with van der Waals surface area (Å²) >= 11 is 0. The predicted octanol–water partition coefficient (Wildman–Crippen LogP) is 3.96. The van der Waals surface area contributed by atoms with Crippen LogP contribution in [0.3, 0.4) is 0 Å². The largest absolute Gasteiger partial charge is 0.490 e. The van der Waals surface area contributed by atoms with E-state index in [4.69, 9.17) is 9.47 Å². The number of benzene rings is 1. The van der Waals surface area contributed by atoms with Crippen LogP contribution in [0.2, 0.25) is 0 Å². The summed E-state index contributed by atoms with van der Waals surface area (Å²) in [7, 11) is 0. The maximum Gasteiger partial charge on any atom is 0.306 e. The summed E-state index contributed by atoms with van der Waals surface area (Å²) in [6, 6.07) is 12.2. The summed E-state index contributed by atoms with van der Waals surface area (Å²) in [5, 5.41) is 9.33. The molecule has 0 aliphatic carbocycles. The van der Waals surface area contributed by atoms with Crippen LogP contribution in [-0.2, 0) is 11.2 Å². The van der Waals surface area contributed by atoms with Crippen LogP contribution < -0.4 is 9.47 Å². The summed E-state index contributed by atoms with van der Waals surface area (Å²) < 4.78 is 11.5. The van der Waals surface area contributed by atoms with E-state index in [1.165, 1.54) is 0 Å². The fourth-order valence-corrected chi connectivity index (χ4v) is 3.91. The number of hydrogen-bond acceptors (Lipinski definition) is 5. The summed E-state index contributed by atoms with van der Waals surface area (Å²) in [5.74, 6) is 0.559. The minimum atomic E-state index is -0.689. The minimum Gasteiger partial charge on any atom is -0.490 e. The fraction of sp³-hybridized carbons (Fsp3) is 0.478. The number of piperidine rings is 1. The Labute approximate surface area is 172 Å². The first-order valence-corrected chi connectivity index (χ1v) is 10.4. The number of rotatable bonds is 9. The van der Waals surface area contributed by atoms with Crippen LogP contribution in [-0.4, -0.2) is 47.3 Å². The van der Waals surface area contributed by atoms with Gasteiger partial charge in [-0.3, -0.25) is 14.7 Å². The van der Waals surface area contributed by atoms with Gasteiger partial charge in [0.25, 0.3) is 0 Å². The zero-order chi connectivity index (χ0) is 20.6. The first-order valence-electron chi connectivity index (χ1n) is 10.4. The Kier molecular flexibility index (Phi) is 7.47. The molecule has 6 nitrogen and oxygen atoms in total. The van der Waals surface area contributed by atoms with Gasteiger partial charge in [-0.25, -0.2) is 0 Å². The number of aliphatic carboxylic acids is 1. The van der Waals surface area contributed by atoms with E-state index >= 15 is 0 Å². The number of pyridine rings is 1. The van der Waals surface area contributed by atoms with E-state index in [-0.39, 0.29) is 12.0 Å². The molecule has 1 saturated heterocycles. The zero-order valence-corrected chi connectivity index (χ0v) is 17.2. The van der Waals surface area contributed by atoms with Crippen molar-refractivity contribution in [3.8, 4) is 11.5 Å². The van der Waals surface area contributed by atoms with Gasteiger partial charge >= 0.3 is 5.97 Å². The Morgan fingerprint density at radius 2 is 1.86 bits per heavy atom. The smallest absolute Gasteiger partial charge is 0.306 e. The number of aromatic nitrogens is 1. The predicted molar refractivity (Wildman–Crippen MR) is 111 cm³/mol. The van der Waals surface area contributed by atoms with Crippen LogP contribution in [0.1, 0.15) is 44.0 Å². The number of hydrogen-bond donors (Lipinski definition) is 1. The number of carbonyl (C=O) groups is 1. The van der Waals surface area contributed by atoms with Crippen LogP contribution >= 0.6 is 0 Å². The second-order valence-electron chi connectivity index (χ2n) is 7.26. The summed E-state index contributed by atoms with van der Waals surface area (Å²) in [6.45, 7) is 6.58. The third-order valence-electron chi connectivity index (χ3n) is 5.40. The molecule has 2 aromatic rings. The highest BCUT2D eigenvalue weighted by Gasteiger charge is 2.30. The quantitative estimate of drug-likeness (QED) is 0.689. The Balaban J connectivity index is 1.88. The molecule has 0 saturated carbocycles. The van der Waals surface area contributed by atoms with Crippen LogP contribution in [0, 0.1) is 5.92 Å². The molecule has 0 radical (unpaired) electrons. The third-order valence-corrected chi connectivity index (χ3v) is 5.40. The summed E-state index contributed by atoms with van der Waals surface area (Å²) in [4.78, 5) is 18.2. The van der Waals surface area contributed by atoms with Gasteiger partial charge in [0, 0.05) is 24.4 Å². The normalized spacial score (nSPS) is 16.3. The molecule has 1 aromatic carbocycles. The van der Waals surface area contributed by atoms with E-state index < -0.39 is 5.97 Å². The molecule has 1 unspecified atom stereocenters. The highest BCUT2D eigenvalue weighted by atomic mass is 16.5. The number of nitrogens with zero attached hydrogens (tertiary/aromatic N) is 2. The van der Waals surface area contributed by atoms with Crippen LogP contribution in [0.15, 0.2) is 42.6 Å². The average Bonchev–Trinajstić information content (AvgIpc) is 2.74. The molecule has 1 atom stereocenters. The second kappa shape index (κ2) is 10.3. The number of carboxylic acids is 1. The Morgan fingerprint density at radius 3 is 2.48 bits per heavy atom. The number of carboxylic acid groups (broad SMARTS) is 1. The standard InChI is InChI=1S/C23H30N2O4/c1-3-28-21-9-8-18(15-22(21)29-4-2)20(16-19-7-5-6-12-24-19)25-13-10-17(11-14-25)23(26)27/h5-9,12,15,17,20H,3-4,10-11,13-14,16H2,1-2H3,(H,26,27). The number of ether oxygens (including phenoxy) is 2. The van der Waals surface area contributed by atoms with Gasteiger partial charge in [0.15, 0.2) is 11.5 Å². The molecule has 1 aromatic heterocycles. The number of likely N-dealkylation sites (tertiary alicyclic amines) is 1. The van der Waals surface area contributed by atoms with Crippen LogP contribution in [0.25, 0.3) is 0 Å². The van der Waals surface area contributed by atoms with Crippen molar-refractivity contribution in [2.45, 2.75) is 39.2 Å². The molecule has 3 rings (SSSR count). The molecular weight excluding hydrogens is 368 g/mol. The minimum absolute atomic E-state index is 0.106. The first-order chi connectivity index (χ1) is 14.1. The molecule has 2 heterocycles. The van der Waals surface area contributed by atoms with Crippen molar-refractivity contribution in [2.24, 2.45) is 5.92 Å². The van der Waals surface area contributed by atoms with Gasteiger partial charge in [-0.15, -0.1) is 0 Å². The summed E-state index contributed by atoms with van der Waals surface area (Å²) in [6.07, 6.45) is 3.91. The van der Waals surface area contributed by atoms with Gasteiger partial charge in [0.2, 0.25) is 0 Å². The molecule has 1 aliphatic heterocycles. The lowest BCUT2D eigenvalue weighted by Crippen LogP contribution is -2.39. The molecule has 0 spiro atoms. The van der Waals surface area contributed by atoms with Crippen molar-refractivity contribution < 1.29 is 19.4 Å². The van der Waals surface area contributed by atoms with Gasteiger partial charge in [0.1, 0.15) is 0 Å². The summed E-state index contributed by atoms with van der Waals surface area (Å²) in [5.41, 5.74) is 2.15. The Morgan fingerprint density at radius 1 is 1.14 bits per heavy atom. The van der Waals surface area contributed by atoms with E-state index in [9.17, 15) is 9.90 Å². The van der Waals surface area contributed by atoms with Gasteiger partial charge in [-0.2, -0.15) is 0 Å². The molecule has 156 valence electrons. The zero-order valence-electron chi connectivity index (χ0n) is 17.2. The molecule has 29 heavy (non-hydrogen) atoms. The van der Waals surface area contributed by atoms with Crippen molar-refractivity contribution in [1.29, 1.82) is 0 Å². The molecule has 0 amide bonds. The van der Waals surface area contributed by atoms with Gasteiger partial charge in [-0.05, 0) is 69.6 Å². The van der Waals surface area contributed by atoms with Crippen molar-refractivity contribution in [1.82, 2.24) is 9.88 Å². The fourth-order valence-electron chi connectivity index (χ4n) is 3.91. The van der Waals surface area contributed by atoms with Crippen LogP contribution in [0.4, 0.5) is 0 Å². The highest BCUT2D eigenvalue weighted by Crippen LogP contribution is 2.35. The topological polar surface area (TPSA) is 71.9 Å².